The van der Waals surface area contributed by atoms with Crippen molar-refractivity contribution in [3.8, 4) is 11.1 Å². The molecular weight excluding hydrogens is 620 g/mol. The van der Waals surface area contributed by atoms with Gasteiger partial charge in [-0.05, 0) is 73.7 Å². The molecule has 3 fully saturated rings. The minimum atomic E-state index is -0.0797. The van der Waals surface area contributed by atoms with Gasteiger partial charge in [-0.1, -0.05) is 18.5 Å². The minimum Gasteiger partial charge on any atom is -0.358 e. The van der Waals surface area contributed by atoms with Crippen molar-refractivity contribution in [2.75, 3.05) is 42.7 Å². The van der Waals surface area contributed by atoms with Crippen LogP contribution in [0.5, 0.6) is 0 Å². The van der Waals surface area contributed by atoms with Crippen molar-refractivity contribution >= 4 is 64.1 Å². The summed E-state index contributed by atoms with van der Waals surface area (Å²) in [5.74, 6) is 0.964. The summed E-state index contributed by atoms with van der Waals surface area (Å²) in [6.45, 7) is 13.1. The van der Waals surface area contributed by atoms with Gasteiger partial charge in [0.05, 0.1) is 16.6 Å². The van der Waals surface area contributed by atoms with Gasteiger partial charge in [-0.3, -0.25) is 9.48 Å². The van der Waals surface area contributed by atoms with Crippen LogP contribution in [0.4, 0.5) is 11.5 Å². The minimum absolute atomic E-state index is 0.0797. The van der Waals surface area contributed by atoms with Crippen molar-refractivity contribution in [1.82, 2.24) is 20.0 Å². The molecule has 3 N–H and O–H groups in total. The number of hydrogen-bond donors (Lipinski definition) is 3. The highest BCUT2D eigenvalue weighted by Crippen LogP contribution is 2.55. The van der Waals surface area contributed by atoms with E-state index < -0.39 is 0 Å². The first kappa shape index (κ1) is 27.2. The number of benzene rings is 1. The Hall–Kier alpha value is -1.42. The van der Waals surface area contributed by atoms with Gasteiger partial charge < -0.3 is 25.6 Å². The molecule has 2 saturated heterocycles. The number of amides is 1. The highest BCUT2D eigenvalue weighted by molar-refractivity contribution is 14.2. The molecule has 37 heavy (non-hydrogen) atoms. The smallest absolute Gasteiger partial charge is 0.209 e. The molecule has 0 bridgehead atoms. The molecule has 3 aliphatic rings. The molecular formula is C26H36ClIN7OP. The van der Waals surface area contributed by atoms with Gasteiger partial charge in [0, 0.05) is 78.8 Å². The van der Waals surface area contributed by atoms with Gasteiger partial charge in [-0.25, -0.2) is 0 Å². The van der Waals surface area contributed by atoms with Crippen LogP contribution in [0.2, 0.25) is 5.02 Å². The molecule has 5 rings (SSSR count). The van der Waals surface area contributed by atoms with E-state index in [0.29, 0.717) is 17.4 Å². The van der Waals surface area contributed by atoms with Crippen molar-refractivity contribution in [3.05, 3.63) is 27.9 Å². The summed E-state index contributed by atoms with van der Waals surface area (Å²) in [6, 6.07) is 2.35. The molecule has 1 aliphatic carbocycles. The predicted octanol–water partition coefficient (Wildman–Crippen LogP) is 5.55. The molecule has 2 aromatic rings. The molecule has 200 valence electrons. The van der Waals surface area contributed by atoms with E-state index in [1.807, 2.05) is 17.9 Å². The number of rotatable bonds is 8. The number of anilines is 2. The topological polar surface area (TPSA) is 89.3 Å². The maximum atomic E-state index is 11.1. The highest BCUT2D eigenvalue weighted by atomic mass is 127. The summed E-state index contributed by atoms with van der Waals surface area (Å²) >= 11 is 9.40. The Balaban J connectivity index is 1.67. The quantitative estimate of drug-likeness (QED) is 0.150. The van der Waals surface area contributed by atoms with Crippen molar-refractivity contribution in [2.45, 2.75) is 58.5 Å². The van der Waals surface area contributed by atoms with Crippen LogP contribution in [0.15, 0.2) is 6.07 Å². The normalized spacial score (nSPS) is 23.4. The lowest BCUT2D eigenvalue weighted by atomic mass is 9.61. The van der Waals surface area contributed by atoms with Gasteiger partial charge in [0.25, 0.3) is 0 Å². The number of nitrogens with one attached hydrogen (secondary N) is 3. The van der Waals surface area contributed by atoms with Crippen LogP contribution in [0, 0.1) is 24.7 Å². The Morgan fingerprint density at radius 1 is 1.35 bits per heavy atom. The number of carbonyl (C=O) groups excluding carboxylic acids is 1. The molecule has 1 unspecified atom stereocenters. The number of aromatic nitrogens is 2. The average Bonchev–Trinajstić information content (AvgIpc) is 3.16. The lowest BCUT2D eigenvalue weighted by Gasteiger charge is -2.58. The van der Waals surface area contributed by atoms with E-state index in [1.54, 1.807) is 0 Å². The lowest BCUT2D eigenvalue weighted by Crippen LogP contribution is -2.62. The number of aryl methyl sites for hydroxylation is 1. The Morgan fingerprint density at radius 3 is 2.70 bits per heavy atom. The first-order valence-electron chi connectivity index (χ1n) is 12.9. The molecule has 1 saturated carbocycles. The second-order valence-corrected chi connectivity index (χ2v) is 13.6. The first-order chi connectivity index (χ1) is 17.7. The Labute approximate surface area is 239 Å². The van der Waals surface area contributed by atoms with Gasteiger partial charge in [-0.15, -0.1) is 0 Å². The average molecular weight is 656 g/mol. The van der Waals surface area contributed by atoms with E-state index in [0.717, 1.165) is 97.8 Å². The molecule has 1 spiro atoms. The maximum Gasteiger partial charge on any atom is 0.209 e. The number of likely N-dealkylation sites (tertiary alicyclic amines) is 1. The standard InChI is InChI=1S/C26H36ClIN7OP/c1-5-25(4)12-30-6-7-34(25)24-21(22-19(11-29)20(32-37-28)8-16(2)23(22)27)17(3)35(31-24)18-9-26(10-18)13-33(14-26)15-36/h8,11,15,18,29-30,32,37H,5-7,9-10,12-14H2,1-4H3/t25-/m0/s1. The number of piperazine rings is 1. The van der Waals surface area contributed by atoms with Gasteiger partial charge in [0.15, 0.2) is 5.82 Å². The maximum absolute atomic E-state index is 11.1. The van der Waals surface area contributed by atoms with Crippen molar-refractivity contribution < 1.29 is 4.79 Å². The molecule has 2 aliphatic heterocycles. The third kappa shape index (κ3) is 4.47. The summed E-state index contributed by atoms with van der Waals surface area (Å²) < 4.78 is 2.22. The van der Waals surface area contributed by atoms with Crippen molar-refractivity contribution in [3.63, 3.8) is 0 Å². The van der Waals surface area contributed by atoms with Crippen LogP contribution in [0.3, 0.4) is 0 Å². The predicted molar refractivity (Wildman–Crippen MR) is 163 cm³/mol. The van der Waals surface area contributed by atoms with Crippen molar-refractivity contribution in [1.29, 1.82) is 5.41 Å². The summed E-state index contributed by atoms with van der Waals surface area (Å²) in [4.78, 5) is 15.5. The number of hydrogen-bond acceptors (Lipinski definition) is 6. The monoisotopic (exact) mass is 655 g/mol. The molecule has 2 atom stereocenters. The second-order valence-electron chi connectivity index (χ2n) is 11.2. The third-order valence-corrected chi connectivity index (χ3v) is 10.5. The van der Waals surface area contributed by atoms with Crippen LogP contribution in [0.25, 0.3) is 11.1 Å². The van der Waals surface area contributed by atoms with Gasteiger partial charge in [0.2, 0.25) is 6.41 Å². The Morgan fingerprint density at radius 2 is 2.08 bits per heavy atom. The van der Waals surface area contributed by atoms with E-state index in [2.05, 4.69) is 62.8 Å². The van der Waals surface area contributed by atoms with E-state index >= 15 is 0 Å². The largest absolute Gasteiger partial charge is 0.358 e. The zero-order valence-corrected chi connectivity index (χ0v) is 25.8. The fourth-order valence-corrected chi connectivity index (χ4v) is 7.98. The fraction of sp³-hybridized carbons (Fsp3) is 0.577. The zero-order chi connectivity index (χ0) is 26.5. The van der Waals surface area contributed by atoms with Crippen LogP contribution < -0.4 is 15.3 Å². The van der Waals surface area contributed by atoms with Crippen molar-refractivity contribution in [2.24, 2.45) is 5.41 Å². The molecule has 1 amide bonds. The first-order valence-corrected chi connectivity index (χ1v) is 17.4. The Bertz CT molecular complexity index is 1220. The Kier molecular flexibility index (Phi) is 7.55. The van der Waals surface area contributed by atoms with Gasteiger partial charge in [-0.2, -0.15) is 5.10 Å². The molecule has 8 nitrogen and oxygen atoms in total. The summed E-state index contributed by atoms with van der Waals surface area (Å²) in [7, 11) is 0. The zero-order valence-electron chi connectivity index (χ0n) is 21.9. The van der Waals surface area contributed by atoms with E-state index in [4.69, 9.17) is 22.1 Å². The molecule has 0 radical (unpaired) electrons. The van der Waals surface area contributed by atoms with Gasteiger partial charge >= 0.3 is 0 Å². The SMILES string of the molecule is CC[C@@]1(C)CNCCN1c1nn(C2CC3(C2)CN(C=O)C3)c(C)c1-c1c(Cl)c(C)cc(NPI)c1C=N. The summed E-state index contributed by atoms with van der Waals surface area (Å²) in [5, 5.41) is 21.4. The molecule has 11 heteroatoms. The summed E-state index contributed by atoms with van der Waals surface area (Å²) in [5.41, 5.74) is 5.93. The summed E-state index contributed by atoms with van der Waals surface area (Å²) in [6.07, 6.45) is 5.93. The fourth-order valence-electron chi connectivity index (χ4n) is 6.55. The van der Waals surface area contributed by atoms with Crippen LogP contribution in [-0.4, -0.2) is 65.6 Å². The van der Waals surface area contributed by atoms with Crippen LogP contribution in [-0.2, 0) is 4.79 Å². The highest BCUT2D eigenvalue weighted by Gasteiger charge is 2.53. The van der Waals surface area contributed by atoms with Crippen LogP contribution >= 0.6 is 40.0 Å². The van der Waals surface area contributed by atoms with E-state index in [-0.39, 0.29) is 11.0 Å². The number of carbonyl (C=O) groups is 1. The number of nitrogens with zero attached hydrogens (tertiary/aromatic N) is 4. The van der Waals surface area contributed by atoms with Gasteiger partial charge in [0.1, 0.15) is 0 Å². The lowest BCUT2D eigenvalue weighted by molar-refractivity contribution is -0.140. The number of halogens is 2. The molecule has 1 aromatic heterocycles. The van der Waals surface area contributed by atoms with E-state index in [9.17, 15) is 4.79 Å². The second kappa shape index (κ2) is 10.3. The van der Waals surface area contributed by atoms with E-state index in [1.165, 1.54) is 6.21 Å². The van der Waals surface area contributed by atoms with Crippen LogP contribution in [0.1, 0.15) is 56.0 Å². The third-order valence-electron chi connectivity index (χ3n) is 8.79. The molecule has 1 aromatic carbocycles. The molecule has 3 heterocycles.